The largest absolute Gasteiger partial charge is 0.594 e. The highest BCUT2D eigenvalue weighted by Crippen LogP contribution is 2.48. The number of nitrogens with zero attached hydrogens (tertiary/aromatic N) is 6. The van der Waals surface area contributed by atoms with Gasteiger partial charge >= 0.3 is 0 Å². The summed E-state index contributed by atoms with van der Waals surface area (Å²) < 4.78 is 153. The third-order valence-corrected chi connectivity index (χ3v) is 17.5. The van der Waals surface area contributed by atoms with E-state index in [1.807, 2.05) is 0 Å². The Kier molecular flexibility index (Phi) is 20.2. The number of phenols is 2. The molecule has 0 saturated carbocycles. The molecule has 11 N–H and O–H groups in total. The van der Waals surface area contributed by atoms with Crippen molar-refractivity contribution in [2.45, 2.75) is 41.2 Å². The number of nitrogens with two attached hydrogens (primary N) is 1. The zero-order chi connectivity index (χ0) is 63.2. The quantitative estimate of drug-likeness (QED) is 0.00415. The second-order valence-corrected chi connectivity index (χ2v) is 25.1. The molecule has 0 unspecified atom stereocenters. The van der Waals surface area contributed by atoms with Gasteiger partial charge in [-0.1, -0.05) is 80.7 Å². The number of hydrogen-bond acceptors (Lipinski definition) is 29. The van der Waals surface area contributed by atoms with Crippen LogP contribution in [0.3, 0.4) is 0 Å². The second kappa shape index (κ2) is 27.0. The molecule has 0 spiro atoms. The second-order valence-electron chi connectivity index (χ2n) is 17.3. The third kappa shape index (κ3) is 15.4. The van der Waals surface area contributed by atoms with Crippen LogP contribution in [0.25, 0.3) is 45.8 Å². The van der Waals surface area contributed by atoms with Crippen molar-refractivity contribution >= 4 is 162 Å². The average molecular weight is 1330 g/mol. The molecule has 0 radical (unpaired) electrons. The summed E-state index contributed by atoms with van der Waals surface area (Å²) in [6.07, 6.45) is 5.02. The fourth-order valence-electron chi connectivity index (χ4n) is 8.08. The number of fused-ring (bicyclic) bond motifs is 2. The Balaban J connectivity index is 0.0000110. The molecule has 456 valence electrons. The first kappa shape index (κ1) is 65.1. The molecule has 0 aromatic heterocycles. The van der Waals surface area contributed by atoms with Crippen LogP contribution in [-0.2, 0) is 68.6 Å². The number of aromatic hydroxyl groups is 2. The standard InChI is InChI=1S/C49H37N7O24S7.H2/c1-25-5-18-37(50)45-35(25)23-40(83-80-77-62)46(49(45)58)53-51-30-14-10-26(38(19-30)81-78-75-60)6-8-29-12-16-32(21-43(29)86(69,70)71)55-56(59)33-17-13-27(39(22-33)82-79-76-61)7-9-28-11-15-31(20-42(28)85(66,67)68)52-54-47-44(87(72,73)74)24-36-34(48(47)57)3-2-4-41(36)84(63,64)65;/h2-24,57-58,60-62H,50H2,1H3,(H,63,64,65)(H,66,67,68)(H,69,70,71)(H,72,73,74);1H/b8-6+,9-7+,53-51?,54-52?,56-55?;. The summed E-state index contributed by atoms with van der Waals surface area (Å²) in [5.41, 5.74) is 5.26. The molecule has 8 aromatic carbocycles. The van der Waals surface area contributed by atoms with Gasteiger partial charge in [-0.3, -0.25) is 18.2 Å². The van der Waals surface area contributed by atoms with Gasteiger partial charge in [0, 0.05) is 45.4 Å². The van der Waals surface area contributed by atoms with Crippen LogP contribution >= 0.6 is 36.1 Å². The summed E-state index contributed by atoms with van der Waals surface area (Å²) in [5.74, 6) is -1.40. The Morgan fingerprint density at radius 1 is 0.494 bits per heavy atom. The van der Waals surface area contributed by atoms with Crippen molar-refractivity contribution in [1.29, 1.82) is 0 Å². The first-order chi connectivity index (χ1) is 41.1. The zero-order valence-electron chi connectivity index (χ0n) is 43.0. The lowest BCUT2D eigenvalue weighted by molar-refractivity contribution is -0.435. The summed E-state index contributed by atoms with van der Waals surface area (Å²) in [6, 6.07) is 22.8. The van der Waals surface area contributed by atoms with E-state index in [0.717, 1.165) is 60.2 Å². The SMILES string of the molecule is Cc1ccc(N)c2c(O)c(N=Nc3ccc(/C=C/c4ccc(N=[N+]([O-])c5ccc(/C=C/c6ccc(N=Nc7c(S(=O)(=O)O)cc8c(S(=O)(=O)O)cccc8c7O)cc6S(=O)(=O)O)c(SOOO)c5)cc4S(=O)(=O)O)c(SOOO)c3)c(SOOO)cc12.[HH]. The predicted octanol–water partition coefficient (Wildman–Crippen LogP) is 12.9. The maximum Gasteiger partial charge on any atom is 0.296 e. The Hall–Kier alpha value is -7.91. The number of azo groups is 3. The van der Waals surface area contributed by atoms with E-state index in [9.17, 15) is 67.3 Å². The van der Waals surface area contributed by atoms with E-state index < -0.39 is 82.6 Å². The highest BCUT2D eigenvalue weighted by atomic mass is 32.2. The first-order valence-electron chi connectivity index (χ1n) is 23.2. The molecule has 87 heavy (non-hydrogen) atoms. The van der Waals surface area contributed by atoms with E-state index in [-0.39, 0.29) is 88.2 Å². The van der Waals surface area contributed by atoms with Gasteiger partial charge in [0.15, 0.2) is 11.5 Å². The van der Waals surface area contributed by atoms with Gasteiger partial charge in [0.2, 0.25) is 5.69 Å². The molecule has 38 heteroatoms. The number of hydrogen-bond donors (Lipinski definition) is 10. The lowest BCUT2D eigenvalue weighted by atomic mass is 10.0. The van der Waals surface area contributed by atoms with Crippen molar-refractivity contribution in [1.82, 2.24) is 0 Å². The molecule has 0 aliphatic carbocycles. The van der Waals surface area contributed by atoms with Gasteiger partial charge < -0.3 is 21.2 Å². The normalized spacial score (nSPS) is 13.0. The number of aryl methyl sites for hydroxylation is 1. The number of anilines is 1. The van der Waals surface area contributed by atoms with Crippen LogP contribution in [0.4, 0.5) is 39.8 Å². The molecule has 0 amide bonds. The monoisotopic (exact) mass is 1330 g/mol. The molecule has 0 saturated heterocycles. The van der Waals surface area contributed by atoms with Crippen molar-refractivity contribution in [3.8, 4) is 11.5 Å². The molecule has 0 aliphatic heterocycles. The van der Waals surface area contributed by atoms with E-state index >= 15 is 0 Å². The minimum Gasteiger partial charge on any atom is -0.594 e. The molecule has 0 heterocycles. The molecular formula is C49H39N7O24S7. The Bertz CT molecular complexity index is 4690. The number of benzene rings is 8. The Morgan fingerprint density at radius 3 is 1.54 bits per heavy atom. The third-order valence-electron chi connectivity index (χ3n) is 11.9. The van der Waals surface area contributed by atoms with E-state index in [1.54, 1.807) is 25.1 Å². The van der Waals surface area contributed by atoms with Gasteiger partial charge in [0.25, 0.3) is 40.5 Å². The first-order valence-corrected chi connectivity index (χ1v) is 31.2. The predicted molar refractivity (Wildman–Crippen MR) is 311 cm³/mol. The average Bonchev–Trinajstić information content (AvgIpc) is 0.871. The van der Waals surface area contributed by atoms with Gasteiger partial charge in [-0.2, -0.15) is 43.9 Å². The van der Waals surface area contributed by atoms with Crippen molar-refractivity contribution in [2.75, 3.05) is 5.73 Å². The minimum atomic E-state index is -5.30. The van der Waals surface area contributed by atoms with Crippen LogP contribution < -0.4 is 5.73 Å². The molecular weight excluding hydrogens is 1300 g/mol. The van der Waals surface area contributed by atoms with Crippen LogP contribution in [0.15, 0.2) is 175 Å². The maximum absolute atomic E-state index is 13.5. The number of phenolic OH excluding ortho intramolecular Hbond substituents is 2. The summed E-state index contributed by atoms with van der Waals surface area (Å²) in [6.45, 7) is 1.77. The van der Waals surface area contributed by atoms with E-state index in [2.05, 4.69) is 53.7 Å². The van der Waals surface area contributed by atoms with Crippen molar-refractivity contribution < 1.29 is 112 Å². The van der Waals surface area contributed by atoms with E-state index in [1.165, 1.54) is 60.7 Å². The smallest absolute Gasteiger partial charge is 0.296 e. The summed E-state index contributed by atoms with van der Waals surface area (Å²) >= 11 is 1.31. The molecule has 31 nitrogen and oxygen atoms in total. The molecule has 0 bridgehead atoms. The molecule has 0 atom stereocenters. The fourth-order valence-corrected chi connectivity index (χ4v) is 12.3. The van der Waals surface area contributed by atoms with Crippen LogP contribution in [-0.4, -0.2) is 82.7 Å². The van der Waals surface area contributed by atoms with Crippen LogP contribution in [0.1, 0.15) is 29.2 Å². The van der Waals surface area contributed by atoms with E-state index in [4.69, 9.17) is 21.5 Å². The summed E-state index contributed by atoms with van der Waals surface area (Å²) in [5, 5.41) is 93.3. The van der Waals surface area contributed by atoms with Crippen LogP contribution in [0.5, 0.6) is 11.5 Å². The van der Waals surface area contributed by atoms with Gasteiger partial charge in [0.1, 0.15) is 36.6 Å². The van der Waals surface area contributed by atoms with Crippen LogP contribution in [0.2, 0.25) is 0 Å². The van der Waals surface area contributed by atoms with Gasteiger partial charge in [-0.25, -0.2) is 15.8 Å². The molecule has 8 rings (SSSR count). The summed E-state index contributed by atoms with van der Waals surface area (Å²) in [7, 11) is -20.5. The molecule has 8 aromatic rings. The number of nitrogen functional groups attached to an aromatic ring is 1. The lowest BCUT2D eigenvalue weighted by Crippen LogP contribution is -2.02. The number of rotatable bonds is 23. The van der Waals surface area contributed by atoms with Crippen molar-refractivity contribution in [3.05, 3.63) is 148 Å². The van der Waals surface area contributed by atoms with Crippen molar-refractivity contribution in [2.24, 2.45) is 25.6 Å². The lowest BCUT2D eigenvalue weighted by Gasteiger charge is -2.12. The van der Waals surface area contributed by atoms with Crippen LogP contribution in [0, 0.1) is 12.1 Å². The summed E-state index contributed by atoms with van der Waals surface area (Å²) in [4.78, 5) is -3.20. The van der Waals surface area contributed by atoms with Gasteiger partial charge in [-0.15, -0.1) is 23.2 Å². The topological polar surface area (TPSA) is 488 Å². The molecule has 0 aliphatic rings. The highest BCUT2D eigenvalue weighted by molar-refractivity contribution is 7.95. The zero-order valence-corrected chi connectivity index (χ0v) is 48.8. The fraction of sp³-hybridized carbons (Fsp3) is 0.0204. The molecule has 0 fully saturated rings. The Morgan fingerprint density at radius 2 is 0.977 bits per heavy atom. The van der Waals surface area contributed by atoms with E-state index in [0.29, 0.717) is 47.6 Å². The van der Waals surface area contributed by atoms with Crippen molar-refractivity contribution in [3.63, 3.8) is 0 Å². The maximum atomic E-state index is 13.5. The Labute approximate surface area is 503 Å². The minimum absolute atomic E-state index is 0. The van der Waals surface area contributed by atoms with Gasteiger partial charge in [-0.05, 0) is 107 Å². The highest BCUT2D eigenvalue weighted by Gasteiger charge is 2.27. The van der Waals surface area contributed by atoms with Gasteiger partial charge in [0.05, 0.1) is 57.3 Å².